The molecular weight excluding hydrogens is 461 g/mol. The van der Waals surface area contributed by atoms with Crippen molar-refractivity contribution in [3.63, 3.8) is 0 Å². The van der Waals surface area contributed by atoms with Gasteiger partial charge in [0.2, 0.25) is 0 Å². The molecule has 2 heterocycles. The molecule has 0 atom stereocenters. The van der Waals surface area contributed by atoms with E-state index in [1.165, 1.54) is 16.3 Å². The van der Waals surface area contributed by atoms with Gasteiger partial charge < -0.3 is 15.1 Å². The Morgan fingerprint density at radius 2 is 1.71 bits per heavy atom. The topological polar surface area (TPSA) is 43.8 Å². The van der Waals surface area contributed by atoms with E-state index in [2.05, 4.69) is 73.6 Å². The van der Waals surface area contributed by atoms with Gasteiger partial charge in [0.15, 0.2) is 5.96 Å². The number of halogens is 1. The SMILES string of the molecule is CN=C(NCc1cccc2ccccc12)N1CCN(c2ccccn2)CC1.I. The molecule has 146 valence electrons. The minimum Gasteiger partial charge on any atom is -0.353 e. The Bertz CT molecular complexity index is 915. The molecule has 2 aromatic carbocycles. The van der Waals surface area contributed by atoms with Gasteiger partial charge >= 0.3 is 0 Å². The summed E-state index contributed by atoms with van der Waals surface area (Å²) in [6.45, 7) is 4.55. The summed E-state index contributed by atoms with van der Waals surface area (Å²) in [5, 5.41) is 6.11. The molecule has 1 fully saturated rings. The normalized spacial score (nSPS) is 14.7. The smallest absolute Gasteiger partial charge is 0.194 e. The lowest BCUT2D eigenvalue weighted by Crippen LogP contribution is -2.52. The third-order valence-electron chi connectivity index (χ3n) is 5.08. The molecule has 1 aromatic heterocycles. The third kappa shape index (κ3) is 4.55. The Labute approximate surface area is 183 Å². The van der Waals surface area contributed by atoms with Crippen molar-refractivity contribution in [3.05, 3.63) is 72.4 Å². The van der Waals surface area contributed by atoms with Crippen molar-refractivity contribution >= 4 is 46.5 Å². The number of fused-ring (bicyclic) bond motifs is 1. The highest BCUT2D eigenvalue weighted by Gasteiger charge is 2.20. The van der Waals surface area contributed by atoms with Crippen LogP contribution >= 0.6 is 24.0 Å². The number of hydrogen-bond donors (Lipinski definition) is 1. The Kier molecular flexibility index (Phi) is 7.08. The molecule has 28 heavy (non-hydrogen) atoms. The molecule has 0 spiro atoms. The number of pyridine rings is 1. The molecule has 3 aromatic rings. The summed E-state index contributed by atoms with van der Waals surface area (Å²) in [4.78, 5) is 13.6. The number of anilines is 1. The fourth-order valence-corrected chi connectivity index (χ4v) is 3.64. The zero-order valence-electron chi connectivity index (χ0n) is 16.1. The maximum Gasteiger partial charge on any atom is 0.194 e. The van der Waals surface area contributed by atoms with Gasteiger partial charge in [-0.05, 0) is 28.5 Å². The number of aromatic nitrogens is 1. The molecule has 6 heteroatoms. The molecular formula is C22H26IN5. The van der Waals surface area contributed by atoms with Crippen molar-refractivity contribution in [2.75, 3.05) is 38.1 Å². The number of nitrogens with zero attached hydrogens (tertiary/aromatic N) is 4. The van der Waals surface area contributed by atoms with E-state index in [1.54, 1.807) is 0 Å². The van der Waals surface area contributed by atoms with Gasteiger partial charge in [0, 0.05) is 46.0 Å². The second-order valence-corrected chi connectivity index (χ2v) is 6.70. The number of benzene rings is 2. The Hall–Kier alpha value is -2.35. The monoisotopic (exact) mass is 487 g/mol. The van der Waals surface area contributed by atoms with Gasteiger partial charge in [-0.3, -0.25) is 4.99 Å². The summed E-state index contributed by atoms with van der Waals surface area (Å²) in [6, 6.07) is 21.0. The summed E-state index contributed by atoms with van der Waals surface area (Å²) >= 11 is 0. The van der Waals surface area contributed by atoms with Gasteiger partial charge in [-0.15, -0.1) is 24.0 Å². The minimum absolute atomic E-state index is 0. The maximum atomic E-state index is 4.50. The Balaban J connectivity index is 0.00000225. The van der Waals surface area contributed by atoms with E-state index >= 15 is 0 Å². The van der Waals surface area contributed by atoms with Crippen LogP contribution in [0.4, 0.5) is 5.82 Å². The quantitative estimate of drug-likeness (QED) is 0.347. The average molecular weight is 487 g/mol. The average Bonchev–Trinajstić information content (AvgIpc) is 2.75. The van der Waals surface area contributed by atoms with E-state index in [4.69, 9.17) is 0 Å². The first-order valence-electron chi connectivity index (χ1n) is 9.43. The summed E-state index contributed by atoms with van der Waals surface area (Å²) in [5.74, 6) is 2.01. The van der Waals surface area contributed by atoms with E-state index < -0.39 is 0 Å². The molecule has 0 radical (unpaired) electrons. The first-order chi connectivity index (χ1) is 13.3. The molecule has 1 N–H and O–H groups in total. The van der Waals surface area contributed by atoms with Crippen LogP contribution in [0.25, 0.3) is 10.8 Å². The number of hydrogen-bond acceptors (Lipinski definition) is 3. The highest BCUT2D eigenvalue weighted by Crippen LogP contribution is 2.18. The van der Waals surface area contributed by atoms with E-state index in [-0.39, 0.29) is 24.0 Å². The van der Waals surface area contributed by atoms with Crippen LogP contribution < -0.4 is 10.2 Å². The van der Waals surface area contributed by atoms with Crippen LogP contribution in [0.3, 0.4) is 0 Å². The van der Waals surface area contributed by atoms with Gasteiger partial charge in [0.25, 0.3) is 0 Å². The lowest BCUT2D eigenvalue weighted by Gasteiger charge is -2.37. The number of guanidine groups is 1. The second kappa shape index (κ2) is 9.73. The summed E-state index contributed by atoms with van der Waals surface area (Å²) in [6.07, 6.45) is 1.85. The van der Waals surface area contributed by atoms with Crippen LogP contribution in [0.2, 0.25) is 0 Å². The van der Waals surface area contributed by atoms with E-state index in [1.807, 2.05) is 25.4 Å². The lowest BCUT2D eigenvalue weighted by molar-refractivity contribution is 0.371. The van der Waals surface area contributed by atoms with Gasteiger partial charge in [-0.2, -0.15) is 0 Å². The number of nitrogens with one attached hydrogen (secondary N) is 1. The number of aliphatic imine (C=N–C) groups is 1. The van der Waals surface area contributed by atoms with Crippen molar-refractivity contribution in [1.82, 2.24) is 15.2 Å². The van der Waals surface area contributed by atoms with E-state index in [0.717, 1.165) is 44.5 Å². The maximum absolute atomic E-state index is 4.50. The first-order valence-corrected chi connectivity index (χ1v) is 9.43. The van der Waals surface area contributed by atoms with Crippen molar-refractivity contribution in [3.8, 4) is 0 Å². The summed E-state index contributed by atoms with van der Waals surface area (Å²) in [5.41, 5.74) is 1.29. The Morgan fingerprint density at radius 3 is 2.46 bits per heavy atom. The Morgan fingerprint density at radius 1 is 0.964 bits per heavy atom. The molecule has 0 saturated carbocycles. The molecule has 1 saturated heterocycles. The highest BCUT2D eigenvalue weighted by molar-refractivity contribution is 14.0. The molecule has 5 nitrogen and oxygen atoms in total. The predicted molar refractivity (Wildman–Crippen MR) is 128 cm³/mol. The van der Waals surface area contributed by atoms with E-state index in [0.29, 0.717) is 0 Å². The third-order valence-corrected chi connectivity index (χ3v) is 5.08. The van der Waals surface area contributed by atoms with Crippen LogP contribution in [0, 0.1) is 0 Å². The van der Waals surface area contributed by atoms with Gasteiger partial charge in [0.05, 0.1) is 0 Å². The fraction of sp³-hybridized carbons (Fsp3) is 0.273. The van der Waals surface area contributed by atoms with Crippen LogP contribution in [-0.2, 0) is 6.54 Å². The summed E-state index contributed by atoms with van der Waals surface area (Å²) < 4.78 is 0. The van der Waals surface area contributed by atoms with Crippen LogP contribution in [0.1, 0.15) is 5.56 Å². The minimum atomic E-state index is 0. The molecule has 1 aliphatic heterocycles. The molecule has 0 aliphatic carbocycles. The van der Waals surface area contributed by atoms with Gasteiger partial charge in [0.1, 0.15) is 5.82 Å². The molecule has 4 rings (SSSR count). The predicted octanol–water partition coefficient (Wildman–Crippen LogP) is 3.75. The van der Waals surface area contributed by atoms with Crippen LogP contribution in [-0.4, -0.2) is 49.1 Å². The molecule has 0 unspecified atom stereocenters. The standard InChI is InChI=1S/C22H25N5.HI/c1-23-22(25-17-19-9-6-8-18-7-2-3-10-20(18)19)27-15-13-26(14-16-27)21-11-4-5-12-24-21;/h2-12H,13-17H2,1H3,(H,23,25);1H. The molecule has 0 bridgehead atoms. The van der Waals surface area contributed by atoms with Crippen molar-refractivity contribution < 1.29 is 0 Å². The van der Waals surface area contributed by atoms with Crippen molar-refractivity contribution in [2.45, 2.75) is 6.54 Å². The van der Waals surface area contributed by atoms with Crippen molar-refractivity contribution in [2.24, 2.45) is 4.99 Å². The molecule has 0 amide bonds. The molecule has 1 aliphatic rings. The number of piperazine rings is 1. The van der Waals surface area contributed by atoms with Gasteiger partial charge in [-0.1, -0.05) is 48.5 Å². The fourth-order valence-electron chi connectivity index (χ4n) is 3.64. The van der Waals surface area contributed by atoms with Crippen molar-refractivity contribution in [1.29, 1.82) is 0 Å². The zero-order chi connectivity index (χ0) is 18.5. The first kappa shape index (κ1) is 20.4. The summed E-state index contributed by atoms with van der Waals surface area (Å²) in [7, 11) is 1.86. The largest absolute Gasteiger partial charge is 0.353 e. The zero-order valence-corrected chi connectivity index (χ0v) is 18.4. The van der Waals surface area contributed by atoms with Crippen LogP contribution in [0.15, 0.2) is 71.9 Å². The second-order valence-electron chi connectivity index (χ2n) is 6.70. The van der Waals surface area contributed by atoms with E-state index in [9.17, 15) is 0 Å². The van der Waals surface area contributed by atoms with Crippen LogP contribution in [0.5, 0.6) is 0 Å². The highest BCUT2D eigenvalue weighted by atomic mass is 127. The van der Waals surface area contributed by atoms with Gasteiger partial charge in [-0.25, -0.2) is 4.98 Å². The lowest BCUT2D eigenvalue weighted by atomic mass is 10.0. The number of rotatable bonds is 3.